The molecule has 8 rings (SSSR count). The van der Waals surface area contributed by atoms with Crippen molar-refractivity contribution in [3.8, 4) is 0 Å². The average Bonchev–Trinajstić information content (AvgIpc) is 3.20. The Morgan fingerprint density at radius 3 is 2.88 bits per heavy atom. The number of carbonyl (C=O) groups excluding carboxylic acids is 1. The van der Waals surface area contributed by atoms with Crippen LogP contribution in [0.25, 0.3) is 0 Å². The maximum absolute atomic E-state index is 12.9. The van der Waals surface area contributed by atoms with Gasteiger partial charge in [0.15, 0.2) is 0 Å². The standard InChI is InChI=1S/C22H31NO3/c1-3-19-9-8-18-13-26-20-6-4-14(18)11-23(19)12-21(20)16(5-7-20)15(17(24)25-2)10-22(18,19)21/h14-16H,3-13H2,1-2H3/t14-,15-,16-,18-,19+,20-,21+,22-/m1/s1. The summed E-state index contributed by atoms with van der Waals surface area (Å²) < 4.78 is 12.4. The molecule has 4 nitrogen and oxygen atoms in total. The molecule has 9 atom stereocenters. The van der Waals surface area contributed by atoms with Crippen molar-refractivity contribution < 1.29 is 14.3 Å². The van der Waals surface area contributed by atoms with Gasteiger partial charge in [-0.1, -0.05) is 6.92 Å². The molecular formula is C22H31NO3. The highest BCUT2D eigenvalue weighted by Gasteiger charge is 2.94. The number of piperidine rings is 1. The molecule has 0 aromatic carbocycles. The minimum Gasteiger partial charge on any atom is -0.469 e. The third-order valence-corrected chi connectivity index (χ3v) is 11.6. The number of carbonyl (C=O) groups is 1. The zero-order valence-corrected chi connectivity index (χ0v) is 16.2. The van der Waals surface area contributed by atoms with Gasteiger partial charge in [0.1, 0.15) is 0 Å². The second-order valence-corrected chi connectivity index (χ2v) is 10.8. The van der Waals surface area contributed by atoms with Crippen LogP contribution in [0.1, 0.15) is 58.3 Å². The van der Waals surface area contributed by atoms with E-state index in [4.69, 9.17) is 9.47 Å². The van der Waals surface area contributed by atoms with Gasteiger partial charge in [0.25, 0.3) is 0 Å². The highest BCUT2D eigenvalue weighted by molar-refractivity contribution is 5.74. The van der Waals surface area contributed by atoms with Crippen molar-refractivity contribution in [3.63, 3.8) is 0 Å². The highest BCUT2D eigenvalue weighted by atomic mass is 16.5. The molecule has 6 bridgehead atoms. The van der Waals surface area contributed by atoms with Crippen molar-refractivity contribution in [2.75, 3.05) is 26.8 Å². The number of ether oxygens (including phenoxy) is 2. The molecule has 0 amide bonds. The van der Waals surface area contributed by atoms with Gasteiger partial charge in [-0.05, 0) is 63.2 Å². The van der Waals surface area contributed by atoms with E-state index >= 15 is 0 Å². The van der Waals surface area contributed by atoms with Crippen LogP contribution in [0.2, 0.25) is 0 Å². The van der Waals surface area contributed by atoms with E-state index in [1.807, 2.05) is 0 Å². The quantitative estimate of drug-likeness (QED) is 0.712. The molecule has 4 heterocycles. The van der Waals surface area contributed by atoms with Crippen LogP contribution in [-0.4, -0.2) is 48.8 Å². The molecule has 4 aliphatic heterocycles. The predicted octanol–water partition coefficient (Wildman–Crippen LogP) is 3.00. The zero-order valence-electron chi connectivity index (χ0n) is 16.2. The third-order valence-electron chi connectivity index (χ3n) is 11.6. The molecule has 8 aliphatic rings. The van der Waals surface area contributed by atoms with E-state index in [1.165, 1.54) is 58.0 Å². The zero-order chi connectivity index (χ0) is 17.6. The number of fused-ring (bicyclic) bond motifs is 2. The topological polar surface area (TPSA) is 38.8 Å². The van der Waals surface area contributed by atoms with Crippen molar-refractivity contribution in [1.29, 1.82) is 0 Å². The van der Waals surface area contributed by atoms with Crippen LogP contribution in [0.4, 0.5) is 0 Å². The Balaban J connectivity index is 1.59. The fourth-order valence-electron chi connectivity index (χ4n) is 11.3. The molecule has 8 fully saturated rings. The van der Waals surface area contributed by atoms with E-state index in [1.54, 1.807) is 7.11 Å². The first-order valence-corrected chi connectivity index (χ1v) is 11.0. The molecule has 1 unspecified atom stereocenters. The van der Waals surface area contributed by atoms with E-state index in [0.717, 1.165) is 18.9 Å². The average molecular weight is 357 g/mol. The molecule has 4 aliphatic carbocycles. The largest absolute Gasteiger partial charge is 0.469 e. The summed E-state index contributed by atoms with van der Waals surface area (Å²) in [7, 11) is 1.60. The fourth-order valence-corrected chi connectivity index (χ4v) is 11.3. The monoisotopic (exact) mass is 357 g/mol. The van der Waals surface area contributed by atoms with Gasteiger partial charge in [0, 0.05) is 34.9 Å². The summed E-state index contributed by atoms with van der Waals surface area (Å²) in [6.45, 7) is 5.92. The van der Waals surface area contributed by atoms with Crippen LogP contribution >= 0.6 is 0 Å². The first kappa shape index (κ1) is 15.3. The van der Waals surface area contributed by atoms with Crippen LogP contribution < -0.4 is 0 Å². The fraction of sp³-hybridized carbons (Fsp3) is 0.955. The van der Waals surface area contributed by atoms with Gasteiger partial charge in [0.05, 0.1) is 25.2 Å². The molecule has 4 saturated carbocycles. The number of hydrogen-bond acceptors (Lipinski definition) is 4. The Morgan fingerprint density at radius 1 is 1.23 bits per heavy atom. The van der Waals surface area contributed by atoms with Gasteiger partial charge in [0.2, 0.25) is 0 Å². The molecule has 0 aromatic rings. The van der Waals surface area contributed by atoms with Crippen molar-refractivity contribution in [2.24, 2.45) is 34.0 Å². The Hall–Kier alpha value is -0.610. The molecule has 4 heteroatoms. The van der Waals surface area contributed by atoms with Crippen molar-refractivity contribution in [3.05, 3.63) is 0 Å². The lowest BCUT2D eigenvalue weighted by Gasteiger charge is -2.65. The lowest BCUT2D eigenvalue weighted by molar-refractivity contribution is -0.264. The number of nitrogens with zero attached hydrogens (tertiary/aromatic N) is 1. The predicted molar refractivity (Wildman–Crippen MR) is 95.4 cm³/mol. The summed E-state index contributed by atoms with van der Waals surface area (Å²) in [5, 5.41) is 0. The van der Waals surface area contributed by atoms with Crippen LogP contribution in [0.5, 0.6) is 0 Å². The summed E-state index contributed by atoms with van der Waals surface area (Å²) in [5.74, 6) is 1.46. The van der Waals surface area contributed by atoms with Gasteiger partial charge in [-0.3, -0.25) is 9.69 Å². The summed E-state index contributed by atoms with van der Waals surface area (Å²) in [5.41, 5.74) is 1.24. The summed E-state index contributed by atoms with van der Waals surface area (Å²) in [6, 6.07) is 0. The maximum atomic E-state index is 12.9. The molecule has 26 heavy (non-hydrogen) atoms. The van der Waals surface area contributed by atoms with Crippen molar-refractivity contribution in [2.45, 2.75) is 69.4 Å². The minimum absolute atomic E-state index is 0.0542. The molecule has 4 spiro atoms. The lowest BCUT2D eigenvalue weighted by atomic mass is 9.43. The second-order valence-electron chi connectivity index (χ2n) is 10.8. The van der Waals surface area contributed by atoms with Gasteiger partial charge in [-0.2, -0.15) is 0 Å². The first-order chi connectivity index (χ1) is 12.6. The third kappa shape index (κ3) is 1.04. The van der Waals surface area contributed by atoms with E-state index in [-0.39, 0.29) is 22.9 Å². The minimum atomic E-state index is 0.0542. The van der Waals surface area contributed by atoms with Crippen molar-refractivity contribution >= 4 is 5.97 Å². The van der Waals surface area contributed by atoms with Crippen molar-refractivity contribution in [1.82, 2.24) is 4.90 Å². The molecule has 0 N–H and O–H groups in total. The Bertz CT molecular complexity index is 739. The SMILES string of the molecule is CC[C@@]12CC[C@@]34CO[C@@]56CC[C@@H]3CN1C[C@]51[C@H](CC6)[C@H](C(=O)OC)C[C@@]421. The maximum Gasteiger partial charge on any atom is 0.308 e. The van der Waals surface area contributed by atoms with Gasteiger partial charge in [-0.25, -0.2) is 0 Å². The molecule has 0 radical (unpaired) electrons. The van der Waals surface area contributed by atoms with Crippen LogP contribution in [0.3, 0.4) is 0 Å². The number of esters is 1. The summed E-state index contributed by atoms with van der Waals surface area (Å²) in [6.07, 6.45) is 9.98. The lowest BCUT2D eigenvalue weighted by Crippen LogP contribution is -2.70. The molecule has 0 aromatic heterocycles. The normalized spacial score (nSPS) is 65.5. The summed E-state index contributed by atoms with van der Waals surface area (Å²) in [4.78, 5) is 15.9. The van der Waals surface area contributed by atoms with Crippen LogP contribution in [-0.2, 0) is 14.3 Å². The number of methoxy groups -OCH3 is 1. The Kier molecular flexibility index (Phi) is 2.39. The van der Waals surface area contributed by atoms with E-state index in [9.17, 15) is 4.79 Å². The van der Waals surface area contributed by atoms with Crippen LogP contribution in [0.15, 0.2) is 0 Å². The summed E-state index contributed by atoms with van der Waals surface area (Å²) >= 11 is 0. The number of hydrogen-bond donors (Lipinski definition) is 0. The Morgan fingerprint density at radius 2 is 2.08 bits per heavy atom. The molecule has 4 saturated heterocycles. The first-order valence-electron chi connectivity index (χ1n) is 11.0. The van der Waals surface area contributed by atoms with E-state index < -0.39 is 0 Å². The van der Waals surface area contributed by atoms with Gasteiger partial charge < -0.3 is 9.47 Å². The number of rotatable bonds is 2. The van der Waals surface area contributed by atoms with Gasteiger partial charge >= 0.3 is 5.97 Å². The smallest absolute Gasteiger partial charge is 0.308 e. The van der Waals surface area contributed by atoms with Gasteiger partial charge in [-0.15, -0.1) is 0 Å². The van der Waals surface area contributed by atoms with E-state index in [0.29, 0.717) is 22.3 Å². The van der Waals surface area contributed by atoms with E-state index in [2.05, 4.69) is 11.8 Å². The van der Waals surface area contributed by atoms with Crippen LogP contribution in [0, 0.1) is 34.0 Å². The molecule has 142 valence electrons. The Labute approximate surface area is 156 Å². The highest BCUT2D eigenvalue weighted by Crippen LogP contribution is 2.91. The molecular weight excluding hydrogens is 326 g/mol. The second kappa shape index (κ2) is 4.05.